The van der Waals surface area contributed by atoms with Crippen molar-refractivity contribution in [2.45, 2.75) is 33.0 Å². The Morgan fingerprint density at radius 1 is 1.03 bits per heavy atom. The SMILES string of the molecule is CCOC(=O)Cc1cncc(-c2ccc(C(F)(F)F)cc2CN(CC)C(=O)c2cnccn2)c1. The summed E-state index contributed by atoms with van der Waals surface area (Å²) in [6.07, 6.45) is 2.54. The third-order valence-corrected chi connectivity index (χ3v) is 5.00. The van der Waals surface area contributed by atoms with Gasteiger partial charge in [-0.15, -0.1) is 0 Å². The van der Waals surface area contributed by atoms with Gasteiger partial charge in [0.15, 0.2) is 0 Å². The Bertz CT molecular complexity index is 1150. The van der Waals surface area contributed by atoms with Gasteiger partial charge in [-0.3, -0.25) is 19.6 Å². The molecule has 0 N–H and O–H groups in total. The first-order chi connectivity index (χ1) is 16.2. The predicted molar refractivity (Wildman–Crippen MR) is 117 cm³/mol. The predicted octanol–water partition coefficient (Wildman–Crippen LogP) is 4.33. The highest BCUT2D eigenvalue weighted by Crippen LogP contribution is 2.34. The molecule has 0 aliphatic heterocycles. The minimum Gasteiger partial charge on any atom is -0.466 e. The number of pyridine rings is 1. The van der Waals surface area contributed by atoms with Crippen molar-refractivity contribution >= 4 is 11.9 Å². The quantitative estimate of drug-likeness (QED) is 0.454. The number of carbonyl (C=O) groups is 2. The van der Waals surface area contributed by atoms with Crippen LogP contribution < -0.4 is 0 Å². The number of nitrogens with zero attached hydrogens (tertiary/aromatic N) is 4. The van der Waals surface area contributed by atoms with Crippen LogP contribution in [0.4, 0.5) is 13.2 Å². The monoisotopic (exact) mass is 472 g/mol. The van der Waals surface area contributed by atoms with E-state index in [9.17, 15) is 22.8 Å². The van der Waals surface area contributed by atoms with Crippen LogP contribution in [0.25, 0.3) is 11.1 Å². The maximum absolute atomic E-state index is 13.5. The van der Waals surface area contributed by atoms with Crippen molar-refractivity contribution < 1.29 is 27.5 Å². The number of hydrogen-bond acceptors (Lipinski definition) is 6. The molecule has 178 valence electrons. The smallest absolute Gasteiger partial charge is 0.416 e. The Morgan fingerprint density at radius 3 is 2.47 bits per heavy atom. The zero-order valence-corrected chi connectivity index (χ0v) is 18.7. The lowest BCUT2D eigenvalue weighted by Gasteiger charge is -2.23. The lowest BCUT2D eigenvalue weighted by Crippen LogP contribution is -2.31. The first kappa shape index (κ1) is 24.8. The molecule has 3 aromatic rings. The molecule has 0 radical (unpaired) electrons. The van der Waals surface area contributed by atoms with E-state index in [1.54, 1.807) is 19.9 Å². The van der Waals surface area contributed by atoms with Crippen molar-refractivity contribution in [2.24, 2.45) is 0 Å². The summed E-state index contributed by atoms with van der Waals surface area (Å²) < 4.78 is 45.3. The molecule has 10 heteroatoms. The van der Waals surface area contributed by atoms with Crippen molar-refractivity contribution in [3.05, 3.63) is 77.6 Å². The van der Waals surface area contributed by atoms with E-state index >= 15 is 0 Å². The maximum atomic E-state index is 13.5. The van der Waals surface area contributed by atoms with Crippen molar-refractivity contribution in [1.29, 1.82) is 0 Å². The van der Waals surface area contributed by atoms with E-state index in [0.717, 1.165) is 12.1 Å². The van der Waals surface area contributed by atoms with Gasteiger partial charge >= 0.3 is 12.1 Å². The molecule has 0 aliphatic carbocycles. The maximum Gasteiger partial charge on any atom is 0.416 e. The molecule has 0 atom stereocenters. The van der Waals surface area contributed by atoms with Gasteiger partial charge in [-0.25, -0.2) is 4.98 Å². The summed E-state index contributed by atoms with van der Waals surface area (Å²) >= 11 is 0. The van der Waals surface area contributed by atoms with Gasteiger partial charge in [0, 0.05) is 43.4 Å². The van der Waals surface area contributed by atoms with Crippen molar-refractivity contribution in [1.82, 2.24) is 19.9 Å². The van der Waals surface area contributed by atoms with Crippen LogP contribution in [0.5, 0.6) is 0 Å². The van der Waals surface area contributed by atoms with Gasteiger partial charge in [0.05, 0.1) is 24.8 Å². The zero-order chi connectivity index (χ0) is 24.7. The van der Waals surface area contributed by atoms with E-state index in [-0.39, 0.29) is 37.4 Å². The van der Waals surface area contributed by atoms with Crippen LogP contribution in [-0.4, -0.2) is 44.9 Å². The van der Waals surface area contributed by atoms with E-state index in [1.165, 1.54) is 42.0 Å². The van der Waals surface area contributed by atoms with E-state index < -0.39 is 23.6 Å². The van der Waals surface area contributed by atoms with Gasteiger partial charge < -0.3 is 9.64 Å². The average Bonchev–Trinajstić information content (AvgIpc) is 2.82. The van der Waals surface area contributed by atoms with Crippen LogP contribution in [-0.2, 0) is 28.7 Å². The fourth-order valence-corrected chi connectivity index (χ4v) is 3.40. The van der Waals surface area contributed by atoms with Crippen LogP contribution in [0.15, 0.2) is 55.2 Å². The number of ether oxygens (including phenoxy) is 1. The van der Waals surface area contributed by atoms with Gasteiger partial charge in [0.25, 0.3) is 5.91 Å². The van der Waals surface area contributed by atoms with Crippen molar-refractivity contribution in [3.8, 4) is 11.1 Å². The molecule has 0 fully saturated rings. The summed E-state index contributed by atoms with van der Waals surface area (Å²) in [6.45, 7) is 3.81. The number of aromatic nitrogens is 3. The summed E-state index contributed by atoms with van der Waals surface area (Å²) in [5.74, 6) is -0.881. The van der Waals surface area contributed by atoms with Gasteiger partial charge in [0.1, 0.15) is 5.69 Å². The topological polar surface area (TPSA) is 85.3 Å². The van der Waals surface area contributed by atoms with Crippen LogP contribution in [0.1, 0.15) is 41.0 Å². The largest absolute Gasteiger partial charge is 0.466 e. The summed E-state index contributed by atoms with van der Waals surface area (Å²) in [5.41, 5.74) is 1.10. The molecule has 2 aromatic heterocycles. The number of esters is 1. The van der Waals surface area contributed by atoms with Crippen molar-refractivity contribution in [2.75, 3.05) is 13.2 Å². The number of amides is 1. The molecular formula is C24H23F3N4O3. The number of hydrogen-bond donors (Lipinski definition) is 0. The Labute approximate surface area is 194 Å². The summed E-state index contributed by atoms with van der Waals surface area (Å²) in [7, 11) is 0. The van der Waals surface area contributed by atoms with Gasteiger partial charge in [-0.1, -0.05) is 6.07 Å². The molecule has 0 saturated heterocycles. The highest BCUT2D eigenvalue weighted by atomic mass is 19.4. The standard InChI is InChI=1S/C24H23F3N4O3/c1-3-31(23(33)21-14-28-7-8-30-21)15-18-11-19(24(25,26)27)5-6-20(18)17-9-16(12-29-13-17)10-22(32)34-4-2/h5-9,11-14H,3-4,10,15H2,1-2H3. The Kier molecular flexibility index (Phi) is 7.93. The normalized spacial score (nSPS) is 11.2. The van der Waals surface area contributed by atoms with Crippen LogP contribution in [0.2, 0.25) is 0 Å². The summed E-state index contributed by atoms with van der Waals surface area (Å²) in [6, 6.07) is 5.04. The zero-order valence-electron chi connectivity index (χ0n) is 18.7. The average molecular weight is 472 g/mol. The Morgan fingerprint density at radius 2 is 1.82 bits per heavy atom. The Balaban J connectivity index is 2.00. The molecule has 0 unspecified atom stereocenters. The third-order valence-electron chi connectivity index (χ3n) is 5.00. The molecule has 1 aromatic carbocycles. The second kappa shape index (κ2) is 10.9. The number of halogens is 3. The van der Waals surface area contributed by atoms with E-state index in [4.69, 9.17) is 4.74 Å². The van der Waals surface area contributed by atoms with E-state index in [2.05, 4.69) is 15.0 Å². The molecule has 2 heterocycles. The second-order valence-corrected chi connectivity index (χ2v) is 7.34. The number of benzene rings is 1. The number of carbonyl (C=O) groups excluding carboxylic acids is 2. The third kappa shape index (κ3) is 6.15. The second-order valence-electron chi connectivity index (χ2n) is 7.34. The van der Waals surface area contributed by atoms with Crippen LogP contribution >= 0.6 is 0 Å². The van der Waals surface area contributed by atoms with Crippen LogP contribution in [0, 0.1) is 0 Å². The van der Waals surface area contributed by atoms with Crippen LogP contribution in [0.3, 0.4) is 0 Å². The number of rotatable bonds is 8. The van der Waals surface area contributed by atoms with Gasteiger partial charge in [-0.05, 0) is 48.7 Å². The molecule has 34 heavy (non-hydrogen) atoms. The van der Waals surface area contributed by atoms with E-state index in [0.29, 0.717) is 16.7 Å². The molecule has 1 amide bonds. The number of alkyl halides is 3. The Hall–Kier alpha value is -3.82. The first-order valence-corrected chi connectivity index (χ1v) is 10.6. The fourth-order valence-electron chi connectivity index (χ4n) is 3.40. The molecule has 0 spiro atoms. The van der Waals surface area contributed by atoms with Gasteiger partial charge in [-0.2, -0.15) is 13.2 Å². The fraction of sp³-hybridized carbons (Fsp3) is 0.292. The summed E-state index contributed by atoms with van der Waals surface area (Å²) in [5, 5.41) is 0. The van der Waals surface area contributed by atoms with Gasteiger partial charge in [0.2, 0.25) is 0 Å². The lowest BCUT2D eigenvalue weighted by atomic mass is 9.96. The summed E-state index contributed by atoms with van der Waals surface area (Å²) in [4.78, 5) is 38.1. The molecule has 3 rings (SSSR count). The highest BCUT2D eigenvalue weighted by molar-refractivity contribution is 5.92. The highest BCUT2D eigenvalue weighted by Gasteiger charge is 2.31. The minimum absolute atomic E-state index is 0.0170. The minimum atomic E-state index is -4.55. The molecule has 0 aliphatic rings. The first-order valence-electron chi connectivity index (χ1n) is 10.6. The molecule has 0 saturated carbocycles. The molecule has 0 bridgehead atoms. The lowest BCUT2D eigenvalue weighted by molar-refractivity contribution is -0.142. The van der Waals surface area contributed by atoms with E-state index in [1.807, 2.05) is 0 Å². The van der Waals surface area contributed by atoms with Crippen molar-refractivity contribution in [3.63, 3.8) is 0 Å². The molecule has 7 nitrogen and oxygen atoms in total. The molecular weight excluding hydrogens is 449 g/mol.